The van der Waals surface area contributed by atoms with Crippen molar-refractivity contribution in [2.24, 2.45) is 4.99 Å². The highest BCUT2D eigenvalue weighted by atomic mass is 19.4. The molecular formula is C31H28F6N8O3. The van der Waals surface area contributed by atoms with Crippen LogP contribution in [0.4, 0.5) is 43.7 Å². The number of hydrogen-bond donors (Lipinski definition) is 2. The predicted molar refractivity (Wildman–Crippen MR) is 162 cm³/mol. The number of nitrogens with one attached hydrogen (secondary N) is 2. The van der Waals surface area contributed by atoms with Crippen molar-refractivity contribution in [3.05, 3.63) is 105 Å². The molecule has 2 N–H and O–H groups in total. The summed E-state index contributed by atoms with van der Waals surface area (Å²) in [5.74, 6) is -0.698. The third-order valence-corrected chi connectivity index (χ3v) is 7.82. The van der Waals surface area contributed by atoms with Crippen molar-refractivity contribution in [2.75, 3.05) is 16.8 Å². The molecule has 11 nitrogen and oxygen atoms in total. The van der Waals surface area contributed by atoms with Gasteiger partial charge < -0.3 is 4.90 Å². The first-order valence-electron chi connectivity index (χ1n) is 14.8. The molecule has 1 amide bonds. The monoisotopic (exact) mass is 674 g/mol. The number of anilines is 2. The Bertz CT molecular complexity index is 1720. The van der Waals surface area contributed by atoms with Gasteiger partial charge in [0.1, 0.15) is 0 Å². The number of aromatic nitrogens is 4. The standard InChI is InChI=1S/C31H28F6N8O3/c32-30(33,34)23-14-24(31(35,36)37)16-25(15-23)38-27(18-45(47)48)44(26-12-10-21(11-13-26)20-4-2-1-3-5-20)17-19-6-8-22(9-7-19)28(46)39-29-40-42-43-41-29/h6-16,20H,1-5,17-18H2,(H2,39,40,41,42,43,46). The minimum Gasteiger partial charge on any atom is -0.320 e. The number of nitrogens with zero attached hydrogens (tertiary/aromatic N) is 6. The summed E-state index contributed by atoms with van der Waals surface area (Å²) in [7, 11) is 0. The number of benzene rings is 3. The van der Waals surface area contributed by atoms with Crippen LogP contribution in [0.1, 0.15) is 70.6 Å². The summed E-state index contributed by atoms with van der Waals surface area (Å²) in [5.41, 5.74) is -1.84. The molecule has 5 rings (SSSR count). The van der Waals surface area contributed by atoms with Crippen molar-refractivity contribution in [3.8, 4) is 0 Å². The highest BCUT2D eigenvalue weighted by Crippen LogP contribution is 2.39. The number of aliphatic imine (C=N–C) groups is 1. The smallest absolute Gasteiger partial charge is 0.320 e. The number of carbonyl (C=O) groups excluding carboxylic acids is 1. The van der Waals surface area contributed by atoms with Crippen LogP contribution in [0.25, 0.3) is 0 Å². The Morgan fingerprint density at radius 2 is 1.56 bits per heavy atom. The second kappa shape index (κ2) is 14.2. The number of hydrogen-bond acceptors (Lipinski definition) is 7. The van der Waals surface area contributed by atoms with Gasteiger partial charge in [0.2, 0.25) is 0 Å². The molecule has 48 heavy (non-hydrogen) atoms. The Morgan fingerprint density at radius 3 is 2.10 bits per heavy atom. The second-order valence-electron chi connectivity index (χ2n) is 11.2. The van der Waals surface area contributed by atoms with E-state index in [1.54, 1.807) is 24.3 Å². The lowest BCUT2D eigenvalue weighted by Crippen LogP contribution is -2.35. The third kappa shape index (κ3) is 8.71. The summed E-state index contributed by atoms with van der Waals surface area (Å²) in [6, 6.07) is 13.9. The molecule has 0 saturated heterocycles. The lowest BCUT2D eigenvalue weighted by Gasteiger charge is -2.27. The average molecular weight is 675 g/mol. The minimum absolute atomic E-state index is 0.0374. The number of aromatic amines is 1. The Labute approximate surface area is 269 Å². The van der Waals surface area contributed by atoms with Gasteiger partial charge in [-0.25, -0.2) is 4.99 Å². The molecule has 0 bridgehead atoms. The first-order valence-corrected chi connectivity index (χ1v) is 14.8. The number of rotatable bonds is 9. The van der Waals surface area contributed by atoms with Crippen LogP contribution in [0.2, 0.25) is 0 Å². The van der Waals surface area contributed by atoms with Crippen molar-refractivity contribution in [3.63, 3.8) is 0 Å². The fourth-order valence-electron chi connectivity index (χ4n) is 5.48. The number of tetrazole rings is 1. The summed E-state index contributed by atoms with van der Waals surface area (Å²) >= 11 is 0. The average Bonchev–Trinajstić information content (AvgIpc) is 3.56. The molecule has 252 valence electrons. The molecule has 1 aliphatic carbocycles. The molecule has 0 radical (unpaired) electrons. The fourth-order valence-corrected chi connectivity index (χ4v) is 5.48. The van der Waals surface area contributed by atoms with Crippen LogP contribution in [0.15, 0.2) is 71.7 Å². The summed E-state index contributed by atoms with van der Waals surface area (Å²) in [4.78, 5) is 29.0. The zero-order valence-corrected chi connectivity index (χ0v) is 25.1. The molecule has 1 saturated carbocycles. The quantitative estimate of drug-likeness (QED) is 0.0614. The SMILES string of the molecule is O=C(Nc1nn[nH]n1)c1ccc(CN(C(C[N+](=O)[O-])=Nc2cc(C(F)(F)F)cc(C(F)(F)F)c2)c2ccc(C3CCCCC3)cc2)cc1. The van der Waals surface area contributed by atoms with Crippen molar-refractivity contribution in [1.29, 1.82) is 0 Å². The number of nitro groups is 1. The molecule has 17 heteroatoms. The molecule has 1 heterocycles. The van der Waals surface area contributed by atoms with Crippen molar-refractivity contribution < 1.29 is 36.1 Å². The van der Waals surface area contributed by atoms with E-state index in [0.717, 1.165) is 37.7 Å². The van der Waals surface area contributed by atoms with Gasteiger partial charge in [0.15, 0.2) is 5.84 Å². The first-order chi connectivity index (χ1) is 22.8. The Morgan fingerprint density at radius 1 is 0.938 bits per heavy atom. The summed E-state index contributed by atoms with van der Waals surface area (Å²) in [5, 5.41) is 27.1. The maximum Gasteiger partial charge on any atom is 0.416 e. The van der Waals surface area contributed by atoms with Crippen LogP contribution < -0.4 is 10.2 Å². The van der Waals surface area contributed by atoms with Gasteiger partial charge in [-0.2, -0.15) is 31.6 Å². The molecule has 4 aromatic rings. The van der Waals surface area contributed by atoms with E-state index in [0.29, 0.717) is 29.3 Å². The number of amides is 1. The topological polar surface area (TPSA) is 142 Å². The van der Waals surface area contributed by atoms with E-state index in [1.165, 1.54) is 17.0 Å². The highest BCUT2D eigenvalue weighted by Gasteiger charge is 2.37. The maximum absolute atomic E-state index is 13.6. The normalized spacial score (nSPS) is 14.5. The van der Waals surface area contributed by atoms with E-state index >= 15 is 0 Å². The number of halogens is 6. The van der Waals surface area contributed by atoms with Gasteiger partial charge in [0, 0.05) is 22.7 Å². The molecular weight excluding hydrogens is 646 g/mol. The molecule has 1 fully saturated rings. The van der Waals surface area contributed by atoms with Crippen LogP contribution in [-0.4, -0.2) is 43.8 Å². The number of amidine groups is 1. The summed E-state index contributed by atoms with van der Waals surface area (Å²) < 4.78 is 81.6. The molecule has 3 aromatic carbocycles. The zero-order chi connectivity index (χ0) is 34.5. The van der Waals surface area contributed by atoms with Gasteiger partial charge in [-0.3, -0.25) is 20.2 Å². The largest absolute Gasteiger partial charge is 0.416 e. The van der Waals surface area contributed by atoms with Gasteiger partial charge in [-0.1, -0.05) is 48.6 Å². The Kier molecular flexibility index (Phi) is 10.0. The molecule has 0 unspecified atom stereocenters. The van der Waals surface area contributed by atoms with Crippen LogP contribution in [0.5, 0.6) is 0 Å². The summed E-state index contributed by atoms with van der Waals surface area (Å²) in [6.07, 6.45) is -4.97. The Balaban J connectivity index is 1.55. The van der Waals surface area contributed by atoms with Gasteiger partial charge in [-0.05, 0) is 77.6 Å². The molecule has 1 aliphatic rings. The summed E-state index contributed by atoms with van der Waals surface area (Å²) in [6.45, 7) is -1.15. The lowest BCUT2D eigenvalue weighted by molar-refractivity contribution is -0.463. The molecule has 0 spiro atoms. The van der Waals surface area contributed by atoms with Crippen molar-refractivity contribution in [2.45, 2.75) is 56.9 Å². The minimum atomic E-state index is -5.14. The van der Waals surface area contributed by atoms with Crippen LogP contribution >= 0.6 is 0 Å². The van der Waals surface area contributed by atoms with Crippen LogP contribution in [0.3, 0.4) is 0 Å². The van der Waals surface area contributed by atoms with Gasteiger partial charge >= 0.3 is 12.4 Å². The Hall–Kier alpha value is -5.35. The van der Waals surface area contributed by atoms with E-state index in [2.05, 4.69) is 30.9 Å². The molecule has 0 aliphatic heterocycles. The highest BCUT2D eigenvalue weighted by molar-refractivity contribution is 6.03. The van der Waals surface area contributed by atoms with E-state index in [9.17, 15) is 41.3 Å². The van der Waals surface area contributed by atoms with E-state index < -0.39 is 52.4 Å². The lowest BCUT2D eigenvalue weighted by atomic mass is 9.84. The van der Waals surface area contributed by atoms with Crippen LogP contribution in [-0.2, 0) is 18.9 Å². The number of alkyl halides is 6. The van der Waals surface area contributed by atoms with E-state index in [4.69, 9.17) is 0 Å². The van der Waals surface area contributed by atoms with Gasteiger partial charge in [0.25, 0.3) is 18.4 Å². The van der Waals surface area contributed by atoms with Crippen LogP contribution in [0, 0.1) is 10.1 Å². The fraction of sp³-hybridized carbons (Fsp3) is 0.323. The molecule has 0 atom stereocenters. The molecule has 1 aromatic heterocycles. The maximum atomic E-state index is 13.6. The number of H-pyrrole nitrogens is 1. The van der Waals surface area contributed by atoms with Gasteiger partial charge in [-0.15, -0.1) is 5.10 Å². The number of carbonyl (C=O) groups is 1. The second-order valence-corrected chi connectivity index (χ2v) is 11.2. The zero-order valence-electron chi connectivity index (χ0n) is 25.1. The van der Waals surface area contributed by atoms with Gasteiger partial charge in [0.05, 0.1) is 16.8 Å². The van der Waals surface area contributed by atoms with Crippen molar-refractivity contribution in [1.82, 2.24) is 20.6 Å². The van der Waals surface area contributed by atoms with E-state index in [1.807, 2.05) is 12.1 Å². The van der Waals surface area contributed by atoms with E-state index in [-0.39, 0.29) is 24.1 Å². The first kappa shape index (κ1) is 34.0. The predicted octanol–water partition coefficient (Wildman–Crippen LogP) is 7.55. The van der Waals surface area contributed by atoms with Crippen molar-refractivity contribution >= 4 is 29.1 Å². The third-order valence-electron chi connectivity index (χ3n) is 7.82.